The van der Waals surface area contributed by atoms with Gasteiger partial charge in [-0.05, 0) is 13.3 Å². The van der Waals surface area contributed by atoms with Gasteiger partial charge < -0.3 is 16.0 Å². The van der Waals surface area contributed by atoms with Crippen LogP contribution in [0.4, 0.5) is 4.79 Å². The van der Waals surface area contributed by atoms with Gasteiger partial charge in [0.15, 0.2) is 0 Å². The van der Waals surface area contributed by atoms with Crippen molar-refractivity contribution in [3.05, 3.63) is 0 Å². The lowest BCUT2D eigenvalue weighted by atomic mass is 10.0. The van der Waals surface area contributed by atoms with E-state index in [9.17, 15) is 4.79 Å². The fourth-order valence-corrected chi connectivity index (χ4v) is 1.41. The summed E-state index contributed by atoms with van der Waals surface area (Å²) in [6, 6.07) is 0.0183. The number of hydrogen-bond acceptors (Lipinski definition) is 2. The molecule has 0 aromatic heterocycles. The van der Waals surface area contributed by atoms with E-state index in [0.29, 0.717) is 13.1 Å². The minimum absolute atomic E-state index is 0.0183. The van der Waals surface area contributed by atoms with Gasteiger partial charge in [-0.1, -0.05) is 6.92 Å². The fourth-order valence-electron chi connectivity index (χ4n) is 1.41. The Labute approximate surface area is 73.1 Å². The summed E-state index contributed by atoms with van der Waals surface area (Å²) in [5, 5.41) is 2.95. The van der Waals surface area contributed by atoms with Crippen molar-refractivity contribution in [2.24, 2.45) is 5.73 Å². The predicted octanol–water partition coefficient (Wildman–Crippen LogP) is 0.139. The summed E-state index contributed by atoms with van der Waals surface area (Å²) in [6.45, 7) is 6.10. The van der Waals surface area contributed by atoms with Gasteiger partial charge in [0.2, 0.25) is 0 Å². The van der Waals surface area contributed by atoms with Gasteiger partial charge in [0.25, 0.3) is 0 Å². The first kappa shape index (κ1) is 9.32. The van der Waals surface area contributed by atoms with Gasteiger partial charge in [-0.25, -0.2) is 4.79 Å². The maximum atomic E-state index is 11.3. The van der Waals surface area contributed by atoms with Crippen LogP contribution in [0.3, 0.4) is 0 Å². The van der Waals surface area contributed by atoms with Crippen LogP contribution in [0.1, 0.15) is 20.3 Å². The van der Waals surface area contributed by atoms with Gasteiger partial charge in [-0.3, -0.25) is 0 Å². The highest BCUT2D eigenvalue weighted by molar-refractivity contribution is 5.77. The molecule has 2 amide bonds. The normalized spacial score (nSPS) is 29.2. The van der Waals surface area contributed by atoms with Crippen molar-refractivity contribution in [3.8, 4) is 0 Å². The van der Waals surface area contributed by atoms with Crippen molar-refractivity contribution in [2.75, 3.05) is 19.6 Å². The van der Waals surface area contributed by atoms with Crippen molar-refractivity contribution in [2.45, 2.75) is 25.8 Å². The number of nitrogens with one attached hydrogen (secondary N) is 1. The monoisotopic (exact) mass is 171 g/mol. The van der Waals surface area contributed by atoms with E-state index in [1.165, 1.54) is 0 Å². The lowest BCUT2D eigenvalue weighted by Crippen LogP contribution is -2.39. The van der Waals surface area contributed by atoms with Crippen molar-refractivity contribution in [3.63, 3.8) is 0 Å². The van der Waals surface area contributed by atoms with E-state index in [1.54, 1.807) is 4.90 Å². The van der Waals surface area contributed by atoms with Gasteiger partial charge in [-0.2, -0.15) is 0 Å². The van der Waals surface area contributed by atoms with Gasteiger partial charge in [0.1, 0.15) is 0 Å². The summed E-state index contributed by atoms with van der Waals surface area (Å²) in [7, 11) is 0. The van der Waals surface area contributed by atoms with Crippen LogP contribution in [-0.2, 0) is 0 Å². The number of rotatable bonds is 3. The Morgan fingerprint density at radius 3 is 2.83 bits per heavy atom. The first-order valence-corrected chi connectivity index (χ1v) is 4.38. The number of nitrogens with zero attached hydrogens (tertiary/aromatic N) is 1. The molecular weight excluding hydrogens is 154 g/mol. The molecule has 3 N–H and O–H groups in total. The van der Waals surface area contributed by atoms with E-state index in [2.05, 4.69) is 19.2 Å². The summed E-state index contributed by atoms with van der Waals surface area (Å²) in [6.07, 6.45) is 0.958. The zero-order chi connectivity index (χ0) is 9.19. The van der Waals surface area contributed by atoms with Crippen molar-refractivity contribution < 1.29 is 4.79 Å². The third-order valence-corrected chi connectivity index (χ3v) is 2.42. The molecule has 0 radical (unpaired) electrons. The predicted molar refractivity (Wildman–Crippen MR) is 47.9 cm³/mol. The molecular formula is C8H17N3O. The standard InChI is InChI=1S/C8H17N3O/c1-3-8(2)6-11(5-4-9)7(12)10-8/h3-6,9H2,1-2H3,(H,10,12). The van der Waals surface area contributed by atoms with Gasteiger partial charge in [0.05, 0.1) is 5.54 Å². The highest BCUT2D eigenvalue weighted by atomic mass is 16.2. The van der Waals surface area contributed by atoms with E-state index in [1.807, 2.05) is 0 Å². The second-order valence-electron chi connectivity index (χ2n) is 3.55. The fraction of sp³-hybridized carbons (Fsp3) is 0.875. The molecule has 1 unspecified atom stereocenters. The highest BCUT2D eigenvalue weighted by Gasteiger charge is 2.36. The van der Waals surface area contributed by atoms with Gasteiger partial charge in [-0.15, -0.1) is 0 Å². The molecule has 0 bridgehead atoms. The SMILES string of the molecule is CCC1(C)CN(CCN)C(=O)N1. The topological polar surface area (TPSA) is 58.4 Å². The molecule has 1 aliphatic rings. The maximum Gasteiger partial charge on any atom is 0.318 e. The molecule has 1 atom stereocenters. The molecule has 1 aliphatic heterocycles. The van der Waals surface area contributed by atoms with Crippen LogP contribution in [0.5, 0.6) is 0 Å². The average molecular weight is 171 g/mol. The Morgan fingerprint density at radius 2 is 2.42 bits per heavy atom. The number of amides is 2. The minimum Gasteiger partial charge on any atom is -0.331 e. The molecule has 0 spiro atoms. The van der Waals surface area contributed by atoms with Crippen LogP contribution in [0.2, 0.25) is 0 Å². The quantitative estimate of drug-likeness (QED) is 0.634. The third kappa shape index (κ3) is 1.69. The van der Waals surface area contributed by atoms with Gasteiger partial charge in [0, 0.05) is 19.6 Å². The molecule has 1 heterocycles. The molecule has 0 aromatic carbocycles. The molecule has 1 fully saturated rings. The smallest absolute Gasteiger partial charge is 0.318 e. The van der Waals surface area contributed by atoms with Crippen LogP contribution >= 0.6 is 0 Å². The van der Waals surface area contributed by atoms with E-state index in [0.717, 1.165) is 13.0 Å². The number of urea groups is 1. The van der Waals surface area contributed by atoms with E-state index in [-0.39, 0.29) is 11.6 Å². The lowest BCUT2D eigenvalue weighted by molar-refractivity contribution is 0.218. The largest absolute Gasteiger partial charge is 0.331 e. The average Bonchev–Trinajstić information content (AvgIpc) is 2.30. The molecule has 70 valence electrons. The summed E-state index contributed by atoms with van der Waals surface area (Å²) < 4.78 is 0. The Balaban J connectivity index is 2.55. The van der Waals surface area contributed by atoms with E-state index < -0.39 is 0 Å². The van der Waals surface area contributed by atoms with E-state index >= 15 is 0 Å². The Morgan fingerprint density at radius 1 is 1.75 bits per heavy atom. The maximum absolute atomic E-state index is 11.3. The molecule has 1 rings (SSSR count). The summed E-state index contributed by atoms with van der Waals surface area (Å²) in [5.74, 6) is 0. The molecule has 0 aromatic rings. The highest BCUT2D eigenvalue weighted by Crippen LogP contribution is 2.17. The Hall–Kier alpha value is -0.770. The number of carbonyl (C=O) groups excluding carboxylic acids is 1. The second kappa shape index (κ2) is 3.31. The first-order chi connectivity index (χ1) is 5.61. The Kier molecular flexibility index (Phi) is 2.57. The summed E-state index contributed by atoms with van der Waals surface area (Å²) >= 11 is 0. The molecule has 0 saturated carbocycles. The zero-order valence-corrected chi connectivity index (χ0v) is 7.76. The zero-order valence-electron chi connectivity index (χ0n) is 7.76. The minimum atomic E-state index is -0.0494. The molecule has 0 aliphatic carbocycles. The molecule has 12 heavy (non-hydrogen) atoms. The Bertz CT molecular complexity index is 183. The molecule has 4 nitrogen and oxygen atoms in total. The summed E-state index contributed by atoms with van der Waals surface area (Å²) in [5.41, 5.74) is 5.33. The number of carbonyl (C=O) groups is 1. The van der Waals surface area contributed by atoms with Crippen LogP contribution in [0, 0.1) is 0 Å². The lowest BCUT2D eigenvalue weighted by Gasteiger charge is -2.20. The van der Waals surface area contributed by atoms with Crippen LogP contribution in [0.25, 0.3) is 0 Å². The number of hydrogen-bond donors (Lipinski definition) is 2. The van der Waals surface area contributed by atoms with Crippen molar-refractivity contribution >= 4 is 6.03 Å². The van der Waals surface area contributed by atoms with Crippen molar-refractivity contribution in [1.82, 2.24) is 10.2 Å². The third-order valence-electron chi connectivity index (χ3n) is 2.42. The molecule has 1 saturated heterocycles. The van der Waals surface area contributed by atoms with Crippen LogP contribution < -0.4 is 11.1 Å². The molecule has 4 heteroatoms. The summed E-state index contributed by atoms with van der Waals surface area (Å²) in [4.78, 5) is 13.1. The van der Waals surface area contributed by atoms with Gasteiger partial charge >= 0.3 is 6.03 Å². The first-order valence-electron chi connectivity index (χ1n) is 4.38. The van der Waals surface area contributed by atoms with Crippen LogP contribution in [-0.4, -0.2) is 36.1 Å². The number of nitrogens with two attached hydrogens (primary N) is 1. The van der Waals surface area contributed by atoms with E-state index in [4.69, 9.17) is 5.73 Å². The van der Waals surface area contributed by atoms with Crippen LogP contribution in [0.15, 0.2) is 0 Å². The second-order valence-corrected chi connectivity index (χ2v) is 3.55. The van der Waals surface area contributed by atoms with Crippen molar-refractivity contribution in [1.29, 1.82) is 0 Å².